The molecule has 14 heavy (non-hydrogen) atoms. The summed E-state index contributed by atoms with van der Waals surface area (Å²) in [6, 6.07) is 0.374. The molecule has 1 saturated heterocycles. The summed E-state index contributed by atoms with van der Waals surface area (Å²) in [6.07, 6.45) is 2.12. The number of carbonyl (C=O) groups is 1. The Balaban J connectivity index is 1.75. The van der Waals surface area contributed by atoms with Crippen LogP contribution in [0.5, 0.6) is 0 Å². The molecule has 1 aliphatic carbocycles. The largest absolute Gasteiger partial charge is 0.380 e. The first-order valence-corrected chi connectivity index (χ1v) is 5.27. The lowest BCUT2D eigenvalue weighted by atomic mass is 10.2. The average molecular weight is 198 g/mol. The van der Waals surface area contributed by atoms with Crippen LogP contribution in [0, 0.1) is 5.92 Å². The molecule has 0 radical (unpaired) electrons. The van der Waals surface area contributed by atoms with Gasteiger partial charge in [0, 0.05) is 19.7 Å². The Hall–Kier alpha value is -0.610. The summed E-state index contributed by atoms with van der Waals surface area (Å²) in [5, 5.41) is 6.20. The Morgan fingerprint density at radius 1 is 1.50 bits per heavy atom. The monoisotopic (exact) mass is 198 g/mol. The Labute approximate surface area is 84.4 Å². The zero-order valence-corrected chi connectivity index (χ0v) is 8.75. The highest BCUT2D eigenvalue weighted by Gasteiger charge is 2.37. The van der Waals surface area contributed by atoms with Crippen molar-refractivity contribution in [3.05, 3.63) is 0 Å². The first-order chi connectivity index (χ1) is 6.70. The predicted molar refractivity (Wildman–Crippen MR) is 52.9 cm³/mol. The van der Waals surface area contributed by atoms with Gasteiger partial charge in [-0.05, 0) is 18.8 Å². The van der Waals surface area contributed by atoms with Crippen LogP contribution in [0.2, 0.25) is 0 Å². The lowest BCUT2D eigenvalue weighted by Crippen LogP contribution is -2.41. The van der Waals surface area contributed by atoms with Crippen molar-refractivity contribution in [1.82, 2.24) is 10.6 Å². The summed E-state index contributed by atoms with van der Waals surface area (Å²) in [6.45, 7) is 2.94. The normalized spacial score (nSPS) is 41.0. The first-order valence-electron chi connectivity index (χ1n) is 5.27. The fourth-order valence-electron chi connectivity index (χ4n) is 1.89. The molecule has 0 aromatic carbocycles. The molecule has 4 atom stereocenters. The maximum atomic E-state index is 11.7. The molecule has 1 aliphatic heterocycles. The molecule has 4 heteroatoms. The summed E-state index contributed by atoms with van der Waals surface area (Å²) in [7, 11) is 1.69. The van der Waals surface area contributed by atoms with E-state index in [0.717, 1.165) is 19.4 Å². The van der Waals surface area contributed by atoms with E-state index in [-0.39, 0.29) is 18.1 Å². The molecule has 2 unspecified atom stereocenters. The third-order valence-corrected chi connectivity index (χ3v) is 3.18. The molecular formula is C10H18N2O2. The molecule has 1 saturated carbocycles. The molecule has 80 valence electrons. The third-order valence-electron chi connectivity index (χ3n) is 3.18. The van der Waals surface area contributed by atoms with Gasteiger partial charge in [-0.25, -0.2) is 0 Å². The molecule has 2 fully saturated rings. The number of methoxy groups -OCH3 is 1. The van der Waals surface area contributed by atoms with Crippen molar-refractivity contribution in [2.45, 2.75) is 38.0 Å². The molecule has 4 nitrogen and oxygen atoms in total. The number of ether oxygens (including phenoxy) is 1. The van der Waals surface area contributed by atoms with Crippen LogP contribution in [0.25, 0.3) is 0 Å². The second-order valence-corrected chi connectivity index (χ2v) is 4.38. The summed E-state index contributed by atoms with van der Waals surface area (Å²) >= 11 is 0. The fourth-order valence-corrected chi connectivity index (χ4v) is 1.89. The highest BCUT2D eigenvalue weighted by molar-refractivity contribution is 5.82. The van der Waals surface area contributed by atoms with E-state index in [2.05, 4.69) is 17.6 Å². The molecule has 0 bridgehead atoms. The molecule has 2 aliphatic rings. The van der Waals surface area contributed by atoms with E-state index in [4.69, 9.17) is 4.74 Å². The van der Waals surface area contributed by atoms with Crippen LogP contribution in [0.3, 0.4) is 0 Å². The van der Waals surface area contributed by atoms with Crippen molar-refractivity contribution >= 4 is 5.91 Å². The summed E-state index contributed by atoms with van der Waals surface area (Å²) in [5.41, 5.74) is 0. The molecule has 0 spiro atoms. The SMILES string of the molecule is CO[C@@H]1CN[C@H](C(=O)NC2CC2C)C1. The maximum Gasteiger partial charge on any atom is 0.237 e. The van der Waals surface area contributed by atoms with E-state index in [9.17, 15) is 4.79 Å². The predicted octanol–water partition coefficient (Wildman–Crippen LogP) is -0.112. The smallest absolute Gasteiger partial charge is 0.237 e. The molecular weight excluding hydrogens is 180 g/mol. The Kier molecular flexibility index (Phi) is 2.74. The standard InChI is InChI=1S/C10H18N2O2/c1-6-3-8(6)12-10(13)9-4-7(14-2)5-11-9/h6-9,11H,3-5H2,1-2H3,(H,12,13)/t6?,7-,8?,9-/m0/s1. The van der Waals surface area contributed by atoms with E-state index in [1.54, 1.807) is 7.11 Å². The summed E-state index contributed by atoms with van der Waals surface area (Å²) < 4.78 is 5.19. The highest BCUT2D eigenvalue weighted by atomic mass is 16.5. The van der Waals surface area contributed by atoms with Crippen LogP contribution < -0.4 is 10.6 Å². The van der Waals surface area contributed by atoms with Crippen LogP contribution in [0.4, 0.5) is 0 Å². The lowest BCUT2D eigenvalue weighted by molar-refractivity contribution is -0.123. The van der Waals surface area contributed by atoms with Gasteiger partial charge in [0.05, 0.1) is 12.1 Å². The Morgan fingerprint density at radius 3 is 2.71 bits per heavy atom. The molecule has 2 N–H and O–H groups in total. The van der Waals surface area contributed by atoms with E-state index in [1.807, 2.05) is 0 Å². The minimum absolute atomic E-state index is 0.0484. The van der Waals surface area contributed by atoms with Crippen LogP contribution in [0.15, 0.2) is 0 Å². The number of hydrogen-bond donors (Lipinski definition) is 2. The number of rotatable bonds is 3. The van der Waals surface area contributed by atoms with Gasteiger partial charge in [0.2, 0.25) is 5.91 Å². The van der Waals surface area contributed by atoms with E-state index in [1.165, 1.54) is 0 Å². The second-order valence-electron chi connectivity index (χ2n) is 4.38. The minimum Gasteiger partial charge on any atom is -0.380 e. The van der Waals surface area contributed by atoms with E-state index >= 15 is 0 Å². The first kappa shape index (κ1) is 9.93. The van der Waals surface area contributed by atoms with E-state index < -0.39 is 0 Å². The minimum atomic E-state index is -0.0484. The molecule has 0 aromatic heterocycles. The van der Waals surface area contributed by atoms with Crippen LogP contribution in [-0.2, 0) is 9.53 Å². The van der Waals surface area contributed by atoms with Crippen molar-refractivity contribution < 1.29 is 9.53 Å². The number of hydrogen-bond acceptors (Lipinski definition) is 3. The average Bonchev–Trinajstić information content (AvgIpc) is 2.72. The molecule has 1 heterocycles. The summed E-state index contributed by atoms with van der Waals surface area (Å²) in [4.78, 5) is 11.7. The van der Waals surface area contributed by atoms with Gasteiger partial charge >= 0.3 is 0 Å². The van der Waals surface area contributed by atoms with E-state index in [0.29, 0.717) is 12.0 Å². The quantitative estimate of drug-likeness (QED) is 0.665. The van der Waals surface area contributed by atoms with Crippen molar-refractivity contribution in [3.63, 3.8) is 0 Å². The zero-order chi connectivity index (χ0) is 10.1. The van der Waals surface area contributed by atoms with Crippen molar-refractivity contribution in [3.8, 4) is 0 Å². The van der Waals surface area contributed by atoms with Gasteiger partial charge in [0.15, 0.2) is 0 Å². The third kappa shape index (κ3) is 2.07. The van der Waals surface area contributed by atoms with Gasteiger partial charge in [-0.15, -0.1) is 0 Å². The van der Waals surface area contributed by atoms with Gasteiger partial charge in [0.25, 0.3) is 0 Å². The van der Waals surface area contributed by atoms with Gasteiger partial charge in [0.1, 0.15) is 0 Å². The maximum absolute atomic E-state index is 11.7. The van der Waals surface area contributed by atoms with Crippen molar-refractivity contribution in [1.29, 1.82) is 0 Å². The number of carbonyl (C=O) groups excluding carboxylic acids is 1. The second kappa shape index (κ2) is 3.87. The lowest BCUT2D eigenvalue weighted by Gasteiger charge is -2.10. The van der Waals surface area contributed by atoms with Crippen molar-refractivity contribution in [2.24, 2.45) is 5.92 Å². The topological polar surface area (TPSA) is 50.4 Å². The molecule has 1 amide bonds. The summed E-state index contributed by atoms with van der Waals surface area (Å²) in [5.74, 6) is 0.803. The van der Waals surface area contributed by atoms with Gasteiger partial charge in [-0.2, -0.15) is 0 Å². The Morgan fingerprint density at radius 2 is 2.21 bits per heavy atom. The highest BCUT2D eigenvalue weighted by Crippen LogP contribution is 2.29. The molecule has 0 aromatic rings. The zero-order valence-electron chi connectivity index (χ0n) is 8.75. The van der Waals surface area contributed by atoms with Gasteiger partial charge in [-0.1, -0.05) is 6.92 Å². The fraction of sp³-hybridized carbons (Fsp3) is 0.900. The van der Waals surface area contributed by atoms with Crippen LogP contribution in [0.1, 0.15) is 19.8 Å². The number of amides is 1. The molecule has 2 rings (SSSR count). The van der Waals surface area contributed by atoms with Crippen molar-refractivity contribution in [2.75, 3.05) is 13.7 Å². The van der Waals surface area contributed by atoms with Gasteiger partial charge < -0.3 is 15.4 Å². The van der Waals surface area contributed by atoms with Gasteiger partial charge in [-0.3, -0.25) is 4.79 Å². The number of nitrogens with one attached hydrogen (secondary N) is 2. The Bertz CT molecular complexity index is 232. The van der Waals surface area contributed by atoms with Crippen LogP contribution >= 0.6 is 0 Å². The van der Waals surface area contributed by atoms with Crippen LogP contribution in [-0.4, -0.2) is 37.7 Å².